The number of rotatable bonds is 3. The molecule has 20 heavy (non-hydrogen) atoms. The molecule has 1 saturated heterocycles. The van der Waals surface area contributed by atoms with Crippen molar-refractivity contribution in [3.05, 3.63) is 35.1 Å². The minimum atomic E-state index is -1.22. The first-order chi connectivity index (χ1) is 9.37. The van der Waals surface area contributed by atoms with E-state index in [0.29, 0.717) is 12.0 Å². The van der Waals surface area contributed by atoms with Crippen molar-refractivity contribution in [1.82, 2.24) is 4.90 Å². The van der Waals surface area contributed by atoms with Crippen LogP contribution in [0, 0.1) is 11.2 Å². The van der Waals surface area contributed by atoms with Crippen molar-refractivity contribution in [2.24, 2.45) is 5.41 Å². The average Bonchev–Trinajstić information content (AvgIpc) is 2.51. The first-order valence-corrected chi connectivity index (χ1v) is 7.11. The van der Waals surface area contributed by atoms with Crippen LogP contribution in [0.2, 0.25) is 0 Å². The Kier molecular flexibility index (Phi) is 4.43. The summed E-state index contributed by atoms with van der Waals surface area (Å²) in [4.78, 5) is 13.1. The normalized spacial score (nSPS) is 19.6. The number of halogens is 1. The van der Waals surface area contributed by atoms with Crippen molar-refractivity contribution in [2.45, 2.75) is 39.7 Å². The zero-order valence-corrected chi connectivity index (χ0v) is 12.2. The second-order valence-electron chi connectivity index (χ2n) is 6.41. The van der Waals surface area contributed by atoms with Crippen LogP contribution in [0.5, 0.6) is 0 Å². The Morgan fingerprint density at radius 3 is 2.75 bits per heavy atom. The molecule has 1 N–H and O–H groups in total. The molecule has 0 atom stereocenters. The third-order valence-corrected chi connectivity index (χ3v) is 4.10. The Morgan fingerprint density at radius 2 is 2.10 bits per heavy atom. The summed E-state index contributed by atoms with van der Waals surface area (Å²) < 4.78 is 13.7. The molecule has 1 fully saturated rings. The van der Waals surface area contributed by atoms with Crippen LogP contribution in [0.1, 0.15) is 49.0 Å². The van der Waals surface area contributed by atoms with Gasteiger partial charge in [0.1, 0.15) is 5.82 Å². The fourth-order valence-corrected chi connectivity index (χ4v) is 2.73. The van der Waals surface area contributed by atoms with Crippen LogP contribution in [-0.2, 0) is 6.54 Å². The van der Waals surface area contributed by atoms with Gasteiger partial charge in [-0.25, -0.2) is 9.18 Å². The molecule has 2 rings (SSSR count). The lowest BCUT2D eigenvalue weighted by Gasteiger charge is -2.23. The van der Waals surface area contributed by atoms with Crippen molar-refractivity contribution in [3.8, 4) is 0 Å². The molecule has 0 amide bonds. The molecular formula is C16H22FNO2. The molecule has 1 heterocycles. The molecule has 4 heteroatoms. The second kappa shape index (κ2) is 5.92. The average molecular weight is 279 g/mol. The smallest absolute Gasteiger partial charge is 0.338 e. The number of carbonyl (C=O) groups is 1. The zero-order chi connectivity index (χ0) is 14.8. The van der Waals surface area contributed by atoms with Crippen LogP contribution in [0.4, 0.5) is 4.39 Å². The van der Waals surface area contributed by atoms with E-state index in [0.717, 1.165) is 31.5 Å². The summed E-state index contributed by atoms with van der Waals surface area (Å²) in [6.45, 7) is 7.30. The van der Waals surface area contributed by atoms with Crippen LogP contribution in [0.15, 0.2) is 18.2 Å². The summed E-state index contributed by atoms with van der Waals surface area (Å²) >= 11 is 0. The minimum absolute atomic E-state index is 0.259. The van der Waals surface area contributed by atoms with Crippen molar-refractivity contribution >= 4 is 5.97 Å². The highest BCUT2D eigenvalue weighted by Crippen LogP contribution is 2.30. The molecule has 0 radical (unpaired) electrons. The number of likely N-dealkylation sites (tertiary alicyclic amines) is 1. The number of carboxylic acid groups (broad SMARTS) is 1. The number of nitrogens with zero attached hydrogens (tertiary/aromatic N) is 1. The third kappa shape index (κ3) is 3.79. The fraction of sp³-hybridized carbons (Fsp3) is 0.562. The lowest BCUT2D eigenvalue weighted by Crippen LogP contribution is -2.25. The van der Waals surface area contributed by atoms with Gasteiger partial charge >= 0.3 is 5.97 Å². The van der Waals surface area contributed by atoms with Gasteiger partial charge in [-0.2, -0.15) is 0 Å². The maximum absolute atomic E-state index is 13.7. The van der Waals surface area contributed by atoms with Gasteiger partial charge in [-0.3, -0.25) is 4.90 Å². The fourth-order valence-electron chi connectivity index (χ4n) is 2.73. The number of carboxylic acids is 1. The maximum Gasteiger partial charge on any atom is 0.338 e. The molecule has 1 aromatic carbocycles. The van der Waals surface area contributed by atoms with Gasteiger partial charge in [-0.1, -0.05) is 19.9 Å². The van der Waals surface area contributed by atoms with Gasteiger partial charge in [0.15, 0.2) is 0 Å². The van der Waals surface area contributed by atoms with Crippen LogP contribution < -0.4 is 0 Å². The van der Waals surface area contributed by atoms with E-state index >= 15 is 0 Å². The highest BCUT2D eigenvalue weighted by molar-refractivity contribution is 5.87. The number of hydrogen-bond donors (Lipinski definition) is 1. The Balaban J connectivity index is 2.03. The highest BCUT2D eigenvalue weighted by atomic mass is 19.1. The van der Waals surface area contributed by atoms with E-state index in [9.17, 15) is 9.18 Å². The maximum atomic E-state index is 13.7. The monoisotopic (exact) mass is 279 g/mol. The molecule has 1 aliphatic rings. The minimum Gasteiger partial charge on any atom is -0.478 e. The Labute approximate surface area is 119 Å². The largest absolute Gasteiger partial charge is 0.478 e. The second-order valence-corrected chi connectivity index (χ2v) is 6.41. The molecule has 0 unspecified atom stereocenters. The van der Waals surface area contributed by atoms with E-state index in [1.165, 1.54) is 18.6 Å². The first-order valence-electron chi connectivity index (χ1n) is 7.11. The summed E-state index contributed by atoms with van der Waals surface area (Å²) in [5.41, 5.74) is 0.964. The van der Waals surface area contributed by atoms with E-state index in [4.69, 9.17) is 5.11 Å². The molecule has 110 valence electrons. The van der Waals surface area contributed by atoms with Gasteiger partial charge in [0.25, 0.3) is 0 Å². The summed E-state index contributed by atoms with van der Waals surface area (Å²) in [6.07, 6.45) is 3.52. The van der Waals surface area contributed by atoms with Crippen LogP contribution in [0.3, 0.4) is 0 Å². The van der Waals surface area contributed by atoms with E-state index in [1.807, 2.05) is 0 Å². The van der Waals surface area contributed by atoms with Gasteiger partial charge in [0.2, 0.25) is 0 Å². The Hall–Kier alpha value is -1.42. The summed E-state index contributed by atoms with van der Waals surface area (Å²) in [6, 6.07) is 4.41. The van der Waals surface area contributed by atoms with Gasteiger partial charge in [0.05, 0.1) is 5.56 Å². The number of aromatic carboxylic acids is 1. The standard InChI is InChI=1S/C16H22FNO2/c1-16(2)6-3-8-18(9-7-16)11-12-4-5-13(15(19)20)14(17)10-12/h4-5,10H,3,6-9,11H2,1-2H3,(H,19,20). The molecule has 1 aromatic rings. The van der Waals surface area contributed by atoms with Crippen molar-refractivity contribution in [3.63, 3.8) is 0 Å². The van der Waals surface area contributed by atoms with Gasteiger partial charge in [-0.15, -0.1) is 0 Å². The highest BCUT2D eigenvalue weighted by Gasteiger charge is 2.23. The van der Waals surface area contributed by atoms with E-state index in [1.54, 1.807) is 6.07 Å². The molecule has 3 nitrogen and oxygen atoms in total. The van der Waals surface area contributed by atoms with Crippen LogP contribution >= 0.6 is 0 Å². The molecule has 0 saturated carbocycles. The third-order valence-electron chi connectivity index (χ3n) is 4.10. The number of benzene rings is 1. The Bertz CT molecular complexity index is 499. The summed E-state index contributed by atoms with van der Waals surface area (Å²) in [5, 5.41) is 8.82. The van der Waals surface area contributed by atoms with E-state index < -0.39 is 11.8 Å². The molecule has 0 bridgehead atoms. The van der Waals surface area contributed by atoms with Crippen molar-refractivity contribution in [2.75, 3.05) is 13.1 Å². The molecular weight excluding hydrogens is 257 g/mol. The molecule has 1 aliphatic heterocycles. The predicted molar refractivity (Wildman–Crippen MR) is 76.3 cm³/mol. The lowest BCUT2D eigenvalue weighted by atomic mass is 9.85. The topological polar surface area (TPSA) is 40.5 Å². The zero-order valence-electron chi connectivity index (χ0n) is 12.2. The van der Waals surface area contributed by atoms with E-state index in [-0.39, 0.29) is 5.56 Å². The van der Waals surface area contributed by atoms with Gasteiger partial charge < -0.3 is 5.11 Å². The van der Waals surface area contributed by atoms with Crippen LogP contribution in [-0.4, -0.2) is 29.1 Å². The summed E-state index contributed by atoms with van der Waals surface area (Å²) in [7, 11) is 0. The SMILES string of the molecule is CC1(C)CCCN(Cc2ccc(C(=O)O)c(F)c2)CC1. The lowest BCUT2D eigenvalue weighted by molar-refractivity contribution is 0.0692. The van der Waals surface area contributed by atoms with Gasteiger partial charge in [0, 0.05) is 6.54 Å². The quantitative estimate of drug-likeness (QED) is 0.920. The predicted octanol–water partition coefficient (Wildman–Crippen LogP) is 3.54. The molecule has 0 spiro atoms. The van der Waals surface area contributed by atoms with Gasteiger partial charge in [-0.05, 0) is 55.5 Å². The number of hydrogen-bond acceptors (Lipinski definition) is 2. The first kappa shape index (κ1) is 15.0. The summed E-state index contributed by atoms with van der Waals surface area (Å²) in [5.74, 6) is -1.87. The van der Waals surface area contributed by atoms with Crippen molar-refractivity contribution in [1.29, 1.82) is 0 Å². The van der Waals surface area contributed by atoms with Crippen LogP contribution in [0.25, 0.3) is 0 Å². The molecule has 0 aromatic heterocycles. The van der Waals surface area contributed by atoms with E-state index in [2.05, 4.69) is 18.7 Å². The van der Waals surface area contributed by atoms with Crippen molar-refractivity contribution < 1.29 is 14.3 Å². The Morgan fingerprint density at radius 1 is 1.35 bits per heavy atom. The molecule has 0 aliphatic carbocycles.